The van der Waals surface area contributed by atoms with Crippen LogP contribution in [0.5, 0.6) is 0 Å². The predicted molar refractivity (Wildman–Crippen MR) is 74.5 cm³/mol. The summed E-state index contributed by atoms with van der Waals surface area (Å²) in [6, 6.07) is 3.02. The standard InChI is InChI=1S/C15H23NS/c1-9-6-13(10(2)17-9)15(16-3)14-8-11-4-5-12(14)7-11/h6,11-12,14-16H,4-5,7-8H2,1-3H3. The van der Waals surface area contributed by atoms with Gasteiger partial charge in [0.15, 0.2) is 0 Å². The van der Waals surface area contributed by atoms with E-state index in [1.165, 1.54) is 35.4 Å². The van der Waals surface area contributed by atoms with Crippen molar-refractivity contribution in [2.45, 2.75) is 45.6 Å². The van der Waals surface area contributed by atoms with Crippen molar-refractivity contribution < 1.29 is 0 Å². The minimum Gasteiger partial charge on any atom is -0.313 e. The van der Waals surface area contributed by atoms with Gasteiger partial charge in [0.05, 0.1) is 0 Å². The molecule has 2 aliphatic rings. The third kappa shape index (κ3) is 1.96. The average Bonchev–Trinajstić information content (AvgIpc) is 2.96. The number of thiophene rings is 1. The van der Waals surface area contributed by atoms with Crippen molar-refractivity contribution in [3.05, 3.63) is 21.4 Å². The van der Waals surface area contributed by atoms with Crippen LogP contribution in [-0.2, 0) is 0 Å². The Morgan fingerprint density at radius 2 is 2.12 bits per heavy atom. The molecule has 2 bridgehead atoms. The largest absolute Gasteiger partial charge is 0.313 e. The van der Waals surface area contributed by atoms with E-state index in [4.69, 9.17) is 0 Å². The number of nitrogens with one attached hydrogen (secondary N) is 1. The molecule has 2 heteroatoms. The van der Waals surface area contributed by atoms with Crippen molar-refractivity contribution in [2.24, 2.45) is 17.8 Å². The highest BCUT2D eigenvalue weighted by Gasteiger charge is 2.43. The first-order valence-electron chi connectivity index (χ1n) is 6.93. The van der Waals surface area contributed by atoms with Crippen LogP contribution in [-0.4, -0.2) is 7.05 Å². The van der Waals surface area contributed by atoms with Crippen molar-refractivity contribution in [1.82, 2.24) is 5.32 Å². The first kappa shape index (κ1) is 11.7. The van der Waals surface area contributed by atoms with Crippen LogP contribution in [0.1, 0.15) is 47.0 Å². The second-order valence-corrected chi connectivity index (χ2v) is 7.43. The molecule has 2 fully saturated rings. The van der Waals surface area contributed by atoms with Gasteiger partial charge >= 0.3 is 0 Å². The summed E-state index contributed by atoms with van der Waals surface area (Å²) in [6.45, 7) is 4.51. The molecule has 0 spiro atoms. The number of fused-ring (bicyclic) bond motifs is 2. The molecule has 0 aliphatic heterocycles. The van der Waals surface area contributed by atoms with Crippen LogP contribution in [0.4, 0.5) is 0 Å². The van der Waals surface area contributed by atoms with Gasteiger partial charge in [-0.1, -0.05) is 6.42 Å². The summed E-state index contributed by atoms with van der Waals surface area (Å²) in [6.07, 6.45) is 5.95. The Morgan fingerprint density at radius 1 is 1.29 bits per heavy atom. The first-order chi connectivity index (χ1) is 8.19. The molecule has 1 aromatic heterocycles. The molecule has 1 N–H and O–H groups in total. The van der Waals surface area contributed by atoms with Gasteiger partial charge in [-0.2, -0.15) is 0 Å². The molecule has 2 saturated carbocycles. The van der Waals surface area contributed by atoms with E-state index in [0.29, 0.717) is 6.04 Å². The normalized spacial score (nSPS) is 33.2. The maximum absolute atomic E-state index is 3.61. The van der Waals surface area contributed by atoms with E-state index in [1.807, 2.05) is 11.3 Å². The number of aryl methyl sites for hydroxylation is 2. The number of hydrogen-bond acceptors (Lipinski definition) is 2. The maximum Gasteiger partial charge on any atom is 0.0359 e. The molecular formula is C15H23NS. The van der Waals surface area contributed by atoms with Crippen LogP contribution >= 0.6 is 11.3 Å². The van der Waals surface area contributed by atoms with Crippen LogP contribution in [0.25, 0.3) is 0 Å². The summed E-state index contributed by atoms with van der Waals surface area (Å²) < 4.78 is 0. The van der Waals surface area contributed by atoms with Gasteiger partial charge in [0.1, 0.15) is 0 Å². The van der Waals surface area contributed by atoms with Crippen molar-refractivity contribution in [1.29, 1.82) is 0 Å². The van der Waals surface area contributed by atoms with Crippen molar-refractivity contribution in [3.63, 3.8) is 0 Å². The van der Waals surface area contributed by atoms with E-state index >= 15 is 0 Å². The molecule has 0 radical (unpaired) electrons. The Labute approximate surface area is 109 Å². The van der Waals surface area contributed by atoms with Crippen LogP contribution in [0, 0.1) is 31.6 Å². The van der Waals surface area contributed by atoms with E-state index in [-0.39, 0.29) is 0 Å². The molecule has 1 nitrogen and oxygen atoms in total. The Bertz CT molecular complexity index is 409. The molecule has 17 heavy (non-hydrogen) atoms. The molecule has 0 aromatic carbocycles. The van der Waals surface area contributed by atoms with Gasteiger partial charge in [0.25, 0.3) is 0 Å². The fourth-order valence-electron chi connectivity index (χ4n) is 4.26. The molecule has 1 heterocycles. The summed E-state index contributed by atoms with van der Waals surface area (Å²) in [5.41, 5.74) is 1.58. The van der Waals surface area contributed by atoms with E-state index in [1.54, 1.807) is 5.56 Å². The zero-order valence-electron chi connectivity index (χ0n) is 11.1. The Hall–Kier alpha value is -0.340. The Balaban J connectivity index is 1.86. The molecule has 4 atom stereocenters. The van der Waals surface area contributed by atoms with Gasteiger partial charge in [0, 0.05) is 15.8 Å². The van der Waals surface area contributed by atoms with Gasteiger partial charge in [-0.25, -0.2) is 0 Å². The molecular weight excluding hydrogens is 226 g/mol. The first-order valence-corrected chi connectivity index (χ1v) is 7.75. The quantitative estimate of drug-likeness (QED) is 0.852. The van der Waals surface area contributed by atoms with Gasteiger partial charge in [-0.15, -0.1) is 11.3 Å². The molecule has 1 aromatic rings. The lowest BCUT2D eigenvalue weighted by molar-refractivity contribution is 0.259. The third-order valence-corrected chi connectivity index (χ3v) is 5.93. The monoisotopic (exact) mass is 249 g/mol. The third-order valence-electron chi connectivity index (χ3n) is 4.95. The minimum absolute atomic E-state index is 0.607. The predicted octanol–water partition coefficient (Wildman–Crippen LogP) is 4.06. The van der Waals surface area contributed by atoms with E-state index in [9.17, 15) is 0 Å². The highest BCUT2D eigenvalue weighted by Crippen LogP contribution is 2.53. The second kappa shape index (κ2) is 4.40. The highest BCUT2D eigenvalue weighted by molar-refractivity contribution is 7.12. The van der Waals surface area contributed by atoms with Gasteiger partial charge in [-0.3, -0.25) is 0 Å². The lowest BCUT2D eigenvalue weighted by Crippen LogP contribution is -2.29. The summed E-state index contributed by atoms with van der Waals surface area (Å²) >= 11 is 1.95. The van der Waals surface area contributed by atoms with Crippen LogP contribution in [0.15, 0.2) is 6.07 Å². The zero-order valence-corrected chi connectivity index (χ0v) is 11.9. The maximum atomic E-state index is 3.61. The average molecular weight is 249 g/mol. The van der Waals surface area contributed by atoms with E-state index in [0.717, 1.165) is 17.8 Å². The lowest BCUT2D eigenvalue weighted by atomic mass is 9.80. The van der Waals surface area contributed by atoms with Gasteiger partial charge < -0.3 is 5.32 Å². The molecule has 0 amide bonds. The lowest BCUT2D eigenvalue weighted by Gasteiger charge is -2.30. The molecule has 2 aliphatic carbocycles. The van der Waals surface area contributed by atoms with Crippen LogP contribution < -0.4 is 5.32 Å². The minimum atomic E-state index is 0.607. The topological polar surface area (TPSA) is 12.0 Å². The smallest absolute Gasteiger partial charge is 0.0359 e. The van der Waals surface area contributed by atoms with Crippen LogP contribution in [0.2, 0.25) is 0 Å². The van der Waals surface area contributed by atoms with Crippen LogP contribution in [0.3, 0.4) is 0 Å². The molecule has 0 saturated heterocycles. The molecule has 3 rings (SSSR count). The molecule has 94 valence electrons. The Kier molecular flexibility index (Phi) is 3.04. The van der Waals surface area contributed by atoms with Crippen molar-refractivity contribution in [2.75, 3.05) is 7.05 Å². The second-order valence-electron chi connectivity index (χ2n) is 5.97. The summed E-state index contributed by atoms with van der Waals surface area (Å²) in [7, 11) is 2.14. The summed E-state index contributed by atoms with van der Waals surface area (Å²) in [4.78, 5) is 2.98. The highest BCUT2D eigenvalue weighted by atomic mass is 32.1. The fraction of sp³-hybridized carbons (Fsp3) is 0.733. The molecule has 4 unspecified atom stereocenters. The fourth-order valence-corrected chi connectivity index (χ4v) is 5.23. The SMILES string of the molecule is CNC(c1cc(C)sc1C)C1CC2CCC1C2. The van der Waals surface area contributed by atoms with E-state index < -0.39 is 0 Å². The number of hydrogen-bond donors (Lipinski definition) is 1. The van der Waals surface area contributed by atoms with Gasteiger partial charge in [0.2, 0.25) is 0 Å². The Morgan fingerprint density at radius 3 is 2.59 bits per heavy atom. The number of rotatable bonds is 3. The van der Waals surface area contributed by atoms with Gasteiger partial charge in [-0.05, 0) is 69.5 Å². The van der Waals surface area contributed by atoms with Crippen molar-refractivity contribution in [3.8, 4) is 0 Å². The van der Waals surface area contributed by atoms with E-state index in [2.05, 4.69) is 32.3 Å². The zero-order chi connectivity index (χ0) is 12.0. The summed E-state index contributed by atoms with van der Waals surface area (Å²) in [5.74, 6) is 2.93. The summed E-state index contributed by atoms with van der Waals surface area (Å²) in [5, 5.41) is 3.61. The van der Waals surface area contributed by atoms with Crippen molar-refractivity contribution >= 4 is 11.3 Å².